The van der Waals surface area contributed by atoms with Crippen LogP contribution in [0.3, 0.4) is 0 Å². The molecule has 0 spiro atoms. The van der Waals surface area contributed by atoms with Gasteiger partial charge in [0.2, 0.25) is 0 Å². The molecular weight excluding hydrogens is 316 g/mol. The molecule has 1 unspecified atom stereocenters. The molecule has 1 saturated carbocycles. The summed E-state index contributed by atoms with van der Waals surface area (Å²) in [5, 5.41) is 0. The average molecular weight is 342 g/mol. The second-order valence-corrected chi connectivity index (χ2v) is 7.32. The summed E-state index contributed by atoms with van der Waals surface area (Å²) in [6, 6.07) is 8.72. The Morgan fingerprint density at radius 2 is 1.88 bits per heavy atom. The summed E-state index contributed by atoms with van der Waals surface area (Å²) in [6.07, 6.45) is 6.46. The van der Waals surface area contributed by atoms with Crippen LogP contribution in [0.15, 0.2) is 24.3 Å². The molecular formula is C19H26N4O2. The second-order valence-electron chi connectivity index (χ2n) is 7.32. The van der Waals surface area contributed by atoms with Gasteiger partial charge in [-0.1, -0.05) is 18.2 Å². The Kier molecular flexibility index (Phi) is 4.61. The van der Waals surface area contributed by atoms with Gasteiger partial charge in [-0.3, -0.25) is 25.3 Å². The maximum absolute atomic E-state index is 12.4. The molecule has 0 aromatic heterocycles. The first kappa shape index (κ1) is 16.4. The number of amides is 2. The molecule has 1 atom stereocenters. The molecule has 2 amide bonds. The van der Waals surface area contributed by atoms with Gasteiger partial charge in [-0.2, -0.15) is 0 Å². The molecule has 0 radical (unpaired) electrons. The Bertz CT molecular complexity index is 659. The van der Waals surface area contributed by atoms with E-state index >= 15 is 0 Å². The van der Waals surface area contributed by atoms with Crippen molar-refractivity contribution in [1.29, 1.82) is 0 Å². The highest BCUT2D eigenvalue weighted by Crippen LogP contribution is 2.33. The van der Waals surface area contributed by atoms with Gasteiger partial charge in [0.1, 0.15) is 0 Å². The number of nitrogens with one attached hydrogen (secondary N) is 2. The number of nitrogens with zero attached hydrogens (tertiary/aromatic N) is 2. The molecule has 3 aliphatic rings. The van der Waals surface area contributed by atoms with Crippen molar-refractivity contribution in [3.63, 3.8) is 0 Å². The van der Waals surface area contributed by atoms with E-state index in [1.807, 2.05) is 12.1 Å². The minimum absolute atomic E-state index is 0.0724. The van der Waals surface area contributed by atoms with Crippen molar-refractivity contribution in [2.45, 2.75) is 50.6 Å². The SMILES string of the molecule is O=C(CN1CCCc2ccccc21)NNC(=O)C1CCCN1C1CC1. The molecule has 6 nitrogen and oxygen atoms in total. The van der Waals surface area contributed by atoms with Crippen LogP contribution in [0.25, 0.3) is 0 Å². The molecule has 1 aromatic rings. The highest BCUT2D eigenvalue weighted by Gasteiger charge is 2.40. The lowest BCUT2D eigenvalue weighted by atomic mass is 10.0. The number of anilines is 1. The lowest BCUT2D eigenvalue weighted by Crippen LogP contribution is -2.52. The van der Waals surface area contributed by atoms with Crippen LogP contribution < -0.4 is 15.8 Å². The Hall–Kier alpha value is -2.08. The van der Waals surface area contributed by atoms with Crippen molar-refractivity contribution >= 4 is 17.5 Å². The normalized spacial score (nSPS) is 23.2. The molecule has 4 rings (SSSR count). The first-order chi connectivity index (χ1) is 12.2. The van der Waals surface area contributed by atoms with Gasteiger partial charge >= 0.3 is 0 Å². The van der Waals surface area contributed by atoms with E-state index in [1.165, 1.54) is 18.4 Å². The number of benzene rings is 1. The van der Waals surface area contributed by atoms with E-state index in [4.69, 9.17) is 0 Å². The van der Waals surface area contributed by atoms with E-state index in [0.717, 1.165) is 44.5 Å². The van der Waals surface area contributed by atoms with Gasteiger partial charge in [0.15, 0.2) is 0 Å². The third-order valence-corrected chi connectivity index (χ3v) is 5.48. The molecule has 2 N–H and O–H groups in total. The van der Waals surface area contributed by atoms with E-state index in [0.29, 0.717) is 6.04 Å². The summed E-state index contributed by atoms with van der Waals surface area (Å²) in [6.45, 7) is 2.14. The van der Waals surface area contributed by atoms with Gasteiger partial charge in [-0.25, -0.2) is 0 Å². The Morgan fingerprint density at radius 1 is 1.04 bits per heavy atom. The van der Waals surface area contributed by atoms with Crippen LogP contribution in [0.2, 0.25) is 0 Å². The predicted molar refractivity (Wildman–Crippen MR) is 96.0 cm³/mol. The highest BCUT2D eigenvalue weighted by atomic mass is 16.2. The predicted octanol–water partition coefficient (Wildman–Crippen LogP) is 1.21. The number of rotatable bonds is 4. The number of carbonyl (C=O) groups is 2. The van der Waals surface area contributed by atoms with Gasteiger partial charge in [-0.05, 0) is 56.7 Å². The fourth-order valence-corrected chi connectivity index (χ4v) is 4.12. The Labute approximate surface area is 148 Å². The number of carbonyl (C=O) groups excluding carboxylic acids is 2. The molecule has 1 saturated heterocycles. The molecule has 2 fully saturated rings. The van der Waals surface area contributed by atoms with E-state index in [2.05, 4.69) is 32.8 Å². The lowest BCUT2D eigenvalue weighted by Gasteiger charge is -2.30. The minimum atomic E-state index is -0.166. The van der Waals surface area contributed by atoms with Crippen molar-refractivity contribution in [2.75, 3.05) is 24.5 Å². The number of hydrogen-bond donors (Lipinski definition) is 2. The summed E-state index contributed by atoms with van der Waals surface area (Å²) < 4.78 is 0. The first-order valence-corrected chi connectivity index (χ1v) is 9.39. The van der Waals surface area contributed by atoms with Gasteiger partial charge in [-0.15, -0.1) is 0 Å². The van der Waals surface area contributed by atoms with Crippen molar-refractivity contribution in [3.8, 4) is 0 Å². The van der Waals surface area contributed by atoms with E-state index in [1.54, 1.807) is 0 Å². The number of aryl methyl sites for hydroxylation is 1. The van der Waals surface area contributed by atoms with Crippen LogP contribution in [0, 0.1) is 0 Å². The Balaban J connectivity index is 1.29. The zero-order chi connectivity index (χ0) is 17.2. The standard InChI is InChI=1S/C19H26N4O2/c24-18(13-22-11-3-6-14-5-1-2-7-16(14)22)20-21-19(25)17-8-4-12-23(17)15-9-10-15/h1-2,5,7,15,17H,3-4,6,8-13H2,(H,20,24)(H,21,25). The largest absolute Gasteiger partial charge is 0.362 e. The highest BCUT2D eigenvalue weighted by molar-refractivity contribution is 5.87. The minimum Gasteiger partial charge on any atom is -0.362 e. The van der Waals surface area contributed by atoms with Crippen LogP contribution >= 0.6 is 0 Å². The fourth-order valence-electron chi connectivity index (χ4n) is 4.12. The number of fused-ring (bicyclic) bond motifs is 1. The van der Waals surface area contributed by atoms with E-state index < -0.39 is 0 Å². The van der Waals surface area contributed by atoms with Crippen LogP contribution in [0.4, 0.5) is 5.69 Å². The van der Waals surface area contributed by atoms with Gasteiger partial charge in [0.05, 0.1) is 12.6 Å². The fraction of sp³-hybridized carbons (Fsp3) is 0.579. The van der Waals surface area contributed by atoms with Crippen LogP contribution in [0.1, 0.15) is 37.7 Å². The molecule has 2 heterocycles. The van der Waals surface area contributed by atoms with E-state index in [-0.39, 0.29) is 24.4 Å². The third-order valence-electron chi connectivity index (χ3n) is 5.48. The molecule has 1 aromatic carbocycles. The molecule has 134 valence electrons. The zero-order valence-electron chi connectivity index (χ0n) is 14.5. The summed E-state index contributed by atoms with van der Waals surface area (Å²) >= 11 is 0. The summed E-state index contributed by atoms with van der Waals surface area (Å²) in [7, 11) is 0. The molecule has 0 bridgehead atoms. The van der Waals surface area contributed by atoms with Crippen LogP contribution in [-0.2, 0) is 16.0 Å². The quantitative estimate of drug-likeness (QED) is 0.808. The zero-order valence-corrected chi connectivity index (χ0v) is 14.5. The van der Waals surface area contributed by atoms with Crippen LogP contribution in [-0.4, -0.2) is 48.4 Å². The first-order valence-electron chi connectivity index (χ1n) is 9.39. The lowest BCUT2D eigenvalue weighted by molar-refractivity contribution is -0.131. The maximum atomic E-state index is 12.4. The third kappa shape index (κ3) is 3.63. The van der Waals surface area contributed by atoms with E-state index in [9.17, 15) is 9.59 Å². The molecule has 2 aliphatic heterocycles. The number of para-hydroxylation sites is 1. The number of hydrogen-bond acceptors (Lipinski definition) is 4. The monoisotopic (exact) mass is 342 g/mol. The maximum Gasteiger partial charge on any atom is 0.257 e. The van der Waals surface area contributed by atoms with Crippen molar-refractivity contribution < 1.29 is 9.59 Å². The summed E-state index contributed by atoms with van der Waals surface area (Å²) in [5.41, 5.74) is 7.67. The average Bonchev–Trinajstić information content (AvgIpc) is 3.36. The van der Waals surface area contributed by atoms with Gasteiger partial charge < -0.3 is 4.90 Å². The number of hydrazine groups is 1. The smallest absolute Gasteiger partial charge is 0.257 e. The summed E-state index contributed by atoms with van der Waals surface area (Å²) in [5.74, 6) is -0.238. The molecule has 1 aliphatic carbocycles. The van der Waals surface area contributed by atoms with Crippen LogP contribution in [0.5, 0.6) is 0 Å². The summed E-state index contributed by atoms with van der Waals surface area (Å²) in [4.78, 5) is 29.1. The van der Waals surface area contributed by atoms with Crippen molar-refractivity contribution in [2.24, 2.45) is 0 Å². The second kappa shape index (κ2) is 7.04. The van der Waals surface area contributed by atoms with Crippen molar-refractivity contribution in [1.82, 2.24) is 15.8 Å². The van der Waals surface area contributed by atoms with Gasteiger partial charge in [0.25, 0.3) is 11.8 Å². The molecule has 25 heavy (non-hydrogen) atoms. The van der Waals surface area contributed by atoms with Gasteiger partial charge in [0, 0.05) is 18.3 Å². The number of likely N-dealkylation sites (tertiary alicyclic amines) is 1. The topological polar surface area (TPSA) is 64.7 Å². The molecule has 6 heteroatoms. The van der Waals surface area contributed by atoms with Crippen molar-refractivity contribution in [3.05, 3.63) is 29.8 Å². The Morgan fingerprint density at radius 3 is 2.72 bits per heavy atom.